The van der Waals surface area contributed by atoms with Gasteiger partial charge in [0.15, 0.2) is 0 Å². The molecule has 2 aromatic carbocycles. The number of nitrogens with zero attached hydrogens (tertiary/aromatic N) is 1. The smallest absolute Gasteiger partial charge is 0.296 e. The molecular weight excluding hydrogens is 388 g/mol. The molecule has 154 valence electrons. The van der Waals surface area contributed by atoms with Gasteiger partial charge in [0.05, 0.1) is 4.90 Å². The van der Waals surface area contributed by atoms with Crippen molar-refractivity contribution in [1.29, 1.82) is 0 Å². The van der Waals surface area contributed by atoms with Crippen LogP contribution in [0.2, 0.25) is 0 Å². The minimum atomic E-state index is -3.58. The van der Waals surface area contributed by atoms with Gasteiger partial charge in [0.2, 0.25) is 10.0 Å². The van der Waals surface area contributed by atoms with E-state index in [1.165, 1.54) is 28.6 Å². The van der Waals surface area contributed by atoms with Crippen LogP contribution in [0.15, 0.2) is 53.4 Å². The van der Waals surface area contributed by atoms with Gasteiger partial charge < -0.3 is 5.32 Å². The summed E-state index contributed by atoms with van der Waals surface area (Å²) in [6.45, 7) is 7.03. The lowest BCUT2D eigenvalue weighted by Crippen LogP contribution is -2.42. The third kappa shape index (κ3) is 4.92. The standard InChI is InChI=1S/C22H26N2O4S/c1-15-4-6-18(7-5-15)21(25)22(26)23-19-8-10-20(11-9-19)29(27,28)24-13-16(2)12-17(3)14-24/h4-11,16-17H,12-14H2,1-3H3,(H,23,26). The normalized spacial score (nSPS) is 20.2. The summed E-state index contributed by atoms with van der Waals surface area (Å²) >= 11 is 0. The van der Waals surface area contributed by atoms with Crippen molar-refractivity contribution in [1.82, 2.24) is 4.31 Å². The average molecular weight is 415 g/mol. The van der Waals surface area contributed by atoms with Crippen LogP contribution in [0.1, 0.15) is 36.2 Å². The first-order chi connectivity index (χ1) is 13.7. The Morgan fingerprint density at radius 3 is 2.03 bits per heavy atom. The van der Waals surface area contributed by atoms with E-state index in [1.807, 2.05) is 6.92 Å². The summed E-state index contributed by atoms with van der Waals surface area (Å²) < 4.78 is 27.4. The van der Waals surface area contributed by atoms with Crippen molar-refractivity contribution >= 4 is 27.4 Å². The monoisotopic (exact) mass is 414 g/mol. The molecule has 3 rings (SSSR count). The van der Waals surface area contributed by atoms with Crippen LogP contribution in [0.4, 0.5) is 5.69 Å². The van der Waals surface area contributed by atoms with Gasteiger partial charge in [-0.2, -0.15) is 4.31 Å². The highest BCUT2D eigenvalue weighted by molar-refractivity contribution is 7.89. The Morgan fingerprint density at radius 1 is 0.931 bits per heavy atom. The molecule has 0 spiro atoms. The molecule has 1 aliphatic rings. The molecule has 1 heterocycles. The number of amides is 1. The summed E-state index contributed by atoms with van der Waals surface area (Å²) in [4.78, 5) is 24.6. The molecule has 0 aromatic heterocycles. The molecule has 1 amide bonds. The van der Waals surface area contributed by atoms with Crippen LogP contribution in [0.3, 0.4) is 0 Å². The maximum Gasteiger partial charge on any atom is 0.296 e. The molecule has 1 saturated heterocycles. The Bertz CT molecular complexity index is 988. The summed E-state index contributed by atoms with van der Waals surface area (Å²) in [5, 5.41) is 2.53. The number of aryl methyl sites for hydroxylation is 1. The van der Waals surface area contributed by atoms with Gasteiger partial charge in [-0.3, -0.25) is 9.59 Å². The number of carbonyl (C=O) groups excluding carboxylic acids is 2. The van der Waals surface area contributed by atoms with E-state index in [0.717, 1.165) is 12.0 Å². The zero-order chi connectivity index (χ0) is 21.2. The number of anilines is 1. The number of hydrogen-bond acceptors (Lipinski definition) is 4. The predicted octanol–water partition coefficient (Wildman–Crippen LogP) is 3.48. The minimum Gasteiger partial charge on any atom is -0.319 e. The van der Waals surface area contributed by atoms with Crippen LogP contribution in [0.25, 0.3) is 0 Å². The van der Waals surface area contributed by atoms with E-state index in [9.17, 15) is 18.0 Å². The van der Waals surface area contributed by atoms with Gasteiger partial charge in [-0.15, -0.1) is 0 Å². The zero-order valence-electron chi connectivity index (χ0n) is 16.9. The number of benzene rings is 2. The van der Waals surface area contributed by atoms with E-state index in [0.29, 0.717) is 36.2 Å². The van der Waals surface area contributed by atoms with E-state index in [4.69, 9.17) is 0 Å². The lowest BCUT2D eigenvalue weighted by molar-refractivity contribution is -0.112. The summed E-state index contributed by atoms with van der Waals surface area (Å²) in [5.74, 6) is -0.763. The molecule has 0 radical (unpaired) electrons. The summed E-state index contributed by atoms with van der Waals surface area (Å²) in [6.07, 6.45) is 1.02. The Balaban J connectivity index is 1.70. The summed E-state index contributed by atoms with van der Waals surface area (Å²) in [7, 11) is -3.58. The Kier molecular flexibility index (Phi) is 6.19. The number of hydrogen-bond donors (Lipinski definition) is 1. The second-order valence-electron chi connectivity index (χ2n) is 7.94. The topological polar surface area (TPSA) is 83.5 Å². The highest BCUT2D eigenvalue weighted by atomic mass is 32.2. The molecule has 1 aliphatic heterocycles. The van der Waals surface area contributed by atoms with Crippen molar-refractivity contribution in [2.24, 2.45) is 11.8 Å². The van der Waals surface area contributed by atoms with E-state index in [-0.39, 0.29) is 4.90 Å². The molecule has 2 atom stereocenters. The largest absolute Gasteiger partial charge is 0.319 e. The van der Waals surface area contributed by atoms with Crippen molar-refractivity contribution < 1.29 is 18.0 Å². The highest BCUT2D eigenvalue weighted by Gasteiger charge is 2.31. The molecule has 7 heteroatoms. The Labute approximate surface area is 172 Å². The lowest BCUT2D eigenvalue weighted by atomic mass is 9.94. The Morgan fingerprint density at radius 2 is 1.48 bits per heavy atom. The van der Waals surface area contributed by atoms with E-state index >= 15 is 0 Å². The number of nitrogens with one attached hydrogen (secondary N) is 1. The van der Waals surface area contributed by atoms with Crippen molar-refractivity contribution in [3.8, 4) is 0 Å². The molecule has 6 nitrogen and oxygen atoms in total. The zero-order valence-corrected chi connectivity index (χ0v) is 17.7. The first-order valence-electron chi connectivity index (χ1n) is 9.69. The fourth-order valence-corrected chi connectivity index (χ4v) is 5.36. The maximum atomic E-state index is 12.9. The molecule has 0 saturated carbocycles. The Hall–Kier alpha value is -2.51. The quantitative estimate of drug-likeness (QED) is 0.600. The van der Waals surface area contributed by atoms with Crippen molar-refractivity contribution in [2.45, 2.75) is 32.1 Å². The second-order valence-corrected chi connectivity index (χ2v) is 9.88. The summed E-state index contributed by atoms with van der Waals surface area (Å²) in [5.41, 5.74) is 1.67. The minimum absolute atomic E-state index is 0.182. The molecule has 29 heavy (non-hydrogen) atoms. The third-order valence-corrected chi connectivity index (χ3v) is 6.95. The molecule has 2 unspecified atom stereocenters. The molecule has 2 aromatic rings. The lowest BCUT2D eigenvalue weighted by Gasteiger charge is -2.34. The van der Waals surface area contributed by atoms with Gasteiger partial charge in [0, 0.05) is 24.3 Å². The van der Waals surface area contributed by atoms with Crippen LogP contribution in [0.5, 0.6) is 0 Å². The van der Waals surface area contributed by atoms with E-state index in [2.05, 4.69) is 19.2 Å². The van der Waals surface area contributed by atoms with Crippen molar-refractivity contribution in [3.63, 3.8) is 0 Å². The second kappa shape index (κ2) is 8.47. The number of piperidine rings is 1. The van der Waals surface area contributed by atoms with E-state index < -0.39 is 21.7 Å². The average Bonchev–Trinajstić information content (AvgIpc) is 2.67. The van der Waals surface area contributed by atoms with Crippen molar-refractivity contribution in [2.75, 3.05) is 18.4 Å². The van der Waals surface area contributed by atoms with Gasteiger partial charge in [0.1, 0.15) is 0 Å². The van der Waals surface area contributed by atoms with Crippen LogP contribution in [0, 0.1) is 18.8 Å². The fourth-order valence-electron chi connectivity index (χ4n) is 3.69. The molecule has 1 N–H and O–H groups in total. The van der Waals surface area contributed by atoms with E-state index in [1.54, 1.807) is 24.3 Å². The molecule has 1 fully saturated rings. The first-order valence-corrected chi connectivity index (χ1v) is 11.1. The van der Waals surface area contributed by atoms with Crippen LogP contribution in [-0.2, 0) is 14.8 Å². The van der Waals surface area contributed by atoms with Crippen molar-refractivity contribution in [3.05, 3.63) is 59.7 Å². The first kappa shape index (κ1) is 21.2. The number of rotatable bonds is 5. The maximum absolute atomic E-state index is 12.9. The summed E-state index contributed by atoms with van der Waals surface area (Å²) in [6, 6.07) is 12.7. The molecular formula is C22H26N2O4S. The van der Waals surface area contributed by atoms with Gasteiger partial charge >= 0.3 is 0 Å². The number of Topliss-reactive ketones (excluding diaryl/α,β-unsaturated/α-hetero) is 1. The highest BCUT2D eigenvalue weighted by Crippen LogP contribution is 2.27. The van der Waals surface area contributed by atoms with Crippen LogP contribution in [-0.4, -0.2) is 37.5 Å². The number of sulfonamides is 1. The predicted molar refractivity (Wildman–Crippen MR) is 112 cm³/mol. The third-order valence-electron chi connectivity index (χ3n) is 5.11. The SMILES string of the molecule is Cc1ccc(C(=O)C(=O)Nc2ccc(S(=O)(=O)N3CC(C)CC(C)C3)cc2)cc1. The van der Waals surface area contributed by atoms with Crippen LogP contribution >= 0.6 is 0 Å². The number of carbonyl (C=O) groups is 2. The molecule has 0 aliphatic carbocycles. The van der Waals surface area contributed by atoms with Gasteiger partial charge in [-0.25, -0.2) is 8.42 Å². The van der Waals surface area contributed by atoms with Gasteiger partial charge in [-0.1, -0.05) is 43.7 Å². The fraction of sp³-hybridized carbons (Fsp3) is 0.364. The van der Waals surface area contributed by atoms with Gasteiger partial charge in [-0.05, 0) is 49.4 Å². The van der Waals surface area contributed by atoms with Crippen LogP contribution < -0.4 is 5.32 Å². The van der Waals surface area contributed by atoms with Gasteiger partial charge in [0.25, 0.3) is 11.7 Å². The molecule has 0 bridgehead atoms. The number of ketones is 1.